The van der Waals surface area contributed by atoms with Crippen LogP contribution in [0.5, 0.6) is 0 Å². The van der Waals surface area contributed by atoms with Crippen LogP contribution in [0.1, 0.15) is 23.2 Å². The zero-order chi connectivity index (χ0) is 27.9. The van der Waals surface area contributed by atoms with E-state index in [0.717, 1.165) is 77.8 Å². The van der Waals surface area contributed by atoms with Gasteiger partial charge in [-0.25, -0.2) is 9.78 Å². The summed E-state index contributed by atoms with van der Waals surface area (Å²) < 4.78 is 0. The second kappa shape index (κ2) is 10.3. The molecule has 0 aliphatic carbocycles. The van der Waals surface area contributed by atoms with Crippen molar-refractivity contribution >= 4 is 39.6 Å². The molecule has 4 aromatic heterocycles. The van der Waals surface area contributed by atoms with E-state index in [1.54, 1.807) is 18.6 Å². The van der Waals surface area contributed by atoms with Crippen molar-refractivity contribution in [2.24, 2.45) is 0 Å². The molecule has 2 aliphatic rings. The number of anilines is 1. The van der Waals surface area contributed by atoms with Gasteiger partial charge < -0.3 is 25.0 Å². The van der Waals surface area contributed by atoms with E-state index in [0.29, 0.717) is 30.0 Å². The van der Waals surface area contributed by atoms with Gasteiger partial charge in [0.1, 0.15) is 5.69 Å². The molecule has 0 radical (unpaired) electrons. The van der Waals surface area contributed by atoms with E-state index in [-0.39, 0.29) is 11.9 Å². The minimum Gasteiger partial charge on any atom is -0.353 e. The molecule has 0 unspecified atom stereocenters. The summed E-state index contributed by atoms with van der Waals surface area (Å²) in [6.07, 6.45) is 7.28. The molecular weight excluding hydrogens is 518 g/mol. The number of carbonyl (C=O) groups is 2. The van der Waals surface area contributed by atoms with Gasteiger partial charge in [-0.1, -0.05) is 6.07 Å². The SMILES string of the molecule is CN1CCN(C(=O)Nc2cncc(-c3cnc4[nH]nc(-c5cc6c(C(=O)N7CCCC7)cccc6[nH]5)c4c3)c2)CC1. The number of H-pyrrole nitrogens is 2. The molecule has 208 valence electrons. The van der Waals surface area contributed by atoms with Gasteiger partial charge in [0.05, 0.1) is 17.6 Å². The van der Waals surface area contributed by atoms with Gasteiger partial charge >= 0.3 is 6.03 Å². The fourth-order valence-electron chi connectivity index (χ4n) is 5.70. The van der Waals surface area contributed by atoms with Crippen LogP contribution in [0.2, 0.25) is 0 Å². The Morgan fingerprint density at radius 3 is 2.51 bits per heavy atom. The summed E-state index contributed by atoms with van der Waals surface area (Å²) in [5.74, 6) is 0.0709. The number of aromatic amines is 2. The fourth-order valence-corrected chi connectivity index (χ4v) is 5.70. The predicted octanol–water partition coefficient (Wildman–Crippen LogP) is 4.18. The molecule has 3 amide bonds. The van der Waals surface area contributed by atoms with Gasteiger partial charge in [-0.2, -0.15) is 5.10 Å². The average Bonchev–Trinajstić information content (AvgIpc) is 3.76. The minimum absolute atomic E-state index is 0.0709. The van der Waals surface area contributed by atoms with Gasteiger partial charge in [0.15, 0.2) is 5.65 Å². The molecule has 2 fully saturated rings. The van der Waals surface area contributed by atoms with E-state index < -0.39 is 0 Å². The largest absolute Gasteiger partial charge is 0.353 e. The molecule has 6 heterocycles. The monoisotopic (exact) mass is 549 g/mol. The zero-order valence-electron chi connectivity index (χ0n) is 22.9. The molecule has 0 atom stereocenters. The molecule has 3 N–H and O–H groups in total. The molecule has 11 heteroatoms. The number of nitrogens with one attached hydrogen (secondary N) is 3. The van der Waals surface area contributed by atoms with E-state index >= 15 is 0 Å². The first-order valence-electron chi connectivity index (χ1n) is 14.0. The second-order valence-corrected chi connectivity index (χ2v) is 10.8. The lowest BCUT2D eigenvalue weighted by atomic mass is 10.1. The van der Waals surface area contributed by atoms with Gasteiger partial charge in [-0.3, -0.25) is 14.9 Å². The highest BCUT2D eigenvalue weighted by Gasteiger charge is 2.23. The number of fused-ring (bicyclic) bond motifs is 2. The number of aromatic nitrogens is 5. The predicted molar refractivity (Wildman–Crippen MR) is 158 cm³/mol. The Morgan fingerprint density at radius 2 is 1.68 bits per heavy atom. The molecule has 0 spiro atoms. The number of hydrogen-bond acceptors (Lipinski definition) is 6. The minimum atomic E-state index is -0.121. The summed E-state index contributed by atoms with van der Waals surface area (Å²) in [7, 11) is 2.06. The summed E-state index contributed by atoms with van der Waals surface area (Å²) in [6, 6.07) is 11.6. The Hall–Kier alpha value is -4.77. The number of pyridine rings is 2. The quantitative estimate of drug-likeness (QED) is 0.309. The van der Waals surface area contributed by atoms with Crippen molar-refractivity contribution in [2.75, 3.05) is 51.6 Å². The fraction of sp³-hybridized carbons (Fsp3) is 0.300. The summed E-state index contributed by atoms with van der Waals surface area (Å²) in [5, 5.41) is 12.3. The summed E-state index contributed by atoms with van der Waals surface area (Å²) in [6.45, 7) is 4.72. The normalized spacial score (nSPS) is 16.1. The number of rotatable bonds is 4. The van der Waals surface area contributed by atoms with Crippen LogP contribution in [0.3, 0.4) is 0 Å². The molecular formula is C30H31N9O2. The smallest absolute Gasteiger partial charge is 0.321 e. The van der Waals surface area contributed by atoms with E-state index in [1.165, 1.54) is 0 Å². The first-order chi connectivity index (χ1) is 20.0. The molecule has 2 aliphatic heterocycles. The number of hydrogen-bond donors (Lipinski definition) is 3. The van der Waals surface area contributed by atoms with Crippen molar-refractivity contribution in [3.63, 3.8) is 0 Å². The standard InChI is InChI=1S/C30H31N9O2/c1-37-9-11-39(12-10-37)30(41)33-21-13-19(16-31-18-21)20-14-24-27(35-36-28(24)32-17-20)26-15-23-22(5-4-6-25(23)34-26)29(40)38-7-2-3-8-38/h4-6,13-18,34H,2-3,7-12H2,1H3,(H,33,41)(H,32,35,36). The van der Waals surface area contributed by atoms with Crippen LogP contribution in [0.25, 0.3) is 44.5 Å². The average molecular weight is 550 g/mol. The highest BCUT2D eigenvalue weighted by molar-refractivity contribution is 6.08. The lowest BCUT2D eigenvalue weighted by Crippen LogP contribution is -2.48. The number of likely N-dealkylation sites (tertiary alicyclic amines) is 1. The van der Waals surface area contributed by atoms with Crippen molar-refractivity contribution in [3.05, 3.63) is 60.6 Å². The lowest BCUT2D eigenvalue weighted by Gasteiger charge is -2.32. The van der Waals surface area contributed by atoms with Crippen LogP contribution < -0.4 is 5.32 Å². The molecule has 0 saturated carbocycles. The van der Waals surface area contributed by atoms with Gasteiger partial charge in [-0.15, -0.1) is 0 Å². The maximum Gasteiger partial charge on any atom is 0.321 e. The number of urea groups is 1. The number of likely N-dealkylation sites (N-methyl/N-ethyl adjacent to an activating group) is 1. The third-order valence-electron chi connectivity index (χ3n) is 8.07. The number of carbonyl (C=O) groups excluding carboxylic acids is 2. The summed E-state index contributed by atoms with van der Waals surface area (Å²) in [5.41, 5.74) is 6.08. The summed E-state index contributed by atoms with van der Waals surface area (Å²) in [4.78, 5) is 44.4. The van der Waals surface area contributed by atoms with Gasteiger partial charge in [0, 0.05) is 84.6 Å². The van der Waals surface area contributed by atoms with Crippen LogP contribution in [-0.2, 0) is 0 Å². The van der Waals surface area contributed by atoms with Crippen molar-refractivity contribution in [1.82, 2.24) is 39.8 Å². The third-order valence-corrected chi connectivity index (χ3v) is 8.07. The molecule has 0 bridgehead atoms. The van der Waals surface area contributed by atoms with Crippen LogP contribution in [-0.4, -0.2) is 98.1 Å². The number of nitrogens with zero attached hydrogens (tertiary/aromatic N) is 6. The first-order valence-corrected chi connectivity index (χ1v) is 14.0. The van der Waals surface area contributed by atoms with E-state index in [9.17, 15) is 9.59 Å². The lowest BCUT2D eigenvalue weighted by molar-refractivity contribution is 0.0794. The van der Waals surface area contributed by atoms with Crippen LogP contribution in [0.15, 0.2) is 55.0 Å². The molecule has 7 rings (SSSR count). The highest BCUT2D eigenvalue weighted by Crippen LogP contribution is 2.32. The summed E-state index contributed by atoms with van der Waals surface area (Å²) >= 11 is 0. The molecule has 41 heavy (non-hydrogen) atoms. The number of amides is 3. The van der Waals surface area contributed by atoms with Crippen LogP contribution in [0, 0.1) is 0 Å². The maximum absolute atomic E-state index is 13.2. The van der Waals surface area contributed by atoms with Gasteiger partial charge in [0.25, 0.3) is 5.91 Å². The Bertz CT molecular complexity index is 1760. The Labute approximate surface area is 236 Å². The highest BCUT2D eigenvalue weighted by atomic mass is 16.2. The first kappa shape index (κ1) is 25.2. The van der Waals surface area contributed by atoms with Crippen molar-refractivity contribution in [3.8, 4) is 22.5 Å². The Kier molecular flexibility index (Phi) is 6.35. The molecule has 2 saturated heterocycles. The molecule has 1 aromatic carbocycles. The maximum atomic E-state index is 13.2. The van der Waals surface area contributed by atoms with E-state index in [2.05, 4.69) is 42.4 Å². The van der Waals surface area contributed by atoms with Crippen LogP contribution in [0.4, 0.5) is 10.5 Å². The van der Waals surface area contributed by atoms with Crippen molar-refractivity contribution in [1.29, 1.82) is 0 Å². The van der Waals surface area contributed by atoms with Crippen molar-refractivity contribution in [2.45, 2.75) is 12.8 Å². The van der Waals surface area contributed by atoms with E-state index in [1.807, 2.05) is 46.2 Å². The number of piperazine rings is 1. The van der Waals surface area contributed by atoms with Crippen LogP contribution >= 0.6 is 0 Å². The third kappa shape index (κ3) is 4.78. The second-order valence-electron chi connectivity index (χ2n) is 10.8. The number of benzene rings is 1. The Balaban J connectivity index is 1.18. The topological polar surface area (TPSA) is 126 Å². The van der Waals surface area contributed by atoms with Gasteiger partial charge in [0.2, 0.25) is 0 Å². The Morgan fingerprint density at radius 1 is 0.878 bits per heavy atom. The van der Waals surface area contributed by atoms with Crippen molar-refractivity contribution < 1.29 is 9.59 Å². The zero-order valence-corrected chi connectivity index (χ0v) is 22.9. The van der Waals surface area contributed by atoms with E-state index in [4.69, 9.17) is 0 Å². The van der Waals surface area contributed by atoms with Gasteiger partial charge in [-0.05, 0) is 50.2 Å². The molecule has 11 nitrogen and oxygen atoms in total. The molecule has 5 aromatic rings.